The summed E-state index contributed by atoms with van der Waals surface area (Å²) in [5, 5.41) is 3.14. The van der Waals surface area contributed by atoms with E-state index in [1.807, 2.05) is 11.0 Å². The molecule has 1 aliphatic rings. The maximum absolute atomic E-state index is 12.6. The number of nitrogens with zero attached hydrogens (tertiary/aromatic N) is 2. The molecule has 1 aliphatic heterocycles. The van der Waals surface area contributed by atoms with Gasteiger partial charge in [-0.3, -0.25) is 4.90 Å². The fraction of sp³-hybridized carbons (Fsp3) is 0.400. The lowest BCUT2D eigenvalue weighted by atomic mass is 9.84. The first kappa shape index (κ1) is 21.1. The van der Waals surface area contributed by atoms with Crippen LogP contribution in [0.15, 0.2) is 60.7 Å². The normalized spacial score (nSPS) is 15.6. The molecule has 4 heteroatoms. The van der Waals surface area contributed by atoms with Gasteiger partial charge in [0.2, 0.25) is 0 Å². The van der Waals surface area contributed by atoms with Crippen molar-refractivity contribution in [1.29, 1.82) is 0 Å². The molecule has 1 fully saturated rings. The fourth-order valence-corrected chi connectivity index (χ4v) is 3.55. The number of amides is 2. The van der Waals surface area contributed by atoms with Gasteiger partial charge in [-0.1, -0.05) is 86.2 Å². The SMILES string of the molecule is Cc1ccc(C(C)(C)CNC(=O)N2CCN(C/C=C/c3ccccc3)CC2)cc1. The Bertz CT molecular complexity index is 804. The van der Waals surface area contributed by atoms with Crippen LogP contribution in [-0.4, -0.2) is 55.1 Å². The Morgan fingerprint density at radius 2 is 1.66 bits per heavy atom. The molecule has 2 aromatic carbocycles. The Morgan fingerprint density at radius 1 is 1.00 bits per heavy atom. The number of rotatable bonds is 6. The van der Waals surface area contributed by atoms with E-state index in [1.54, 1.807) is 0 Å². The van der Waals surface area contributed by atoms with E-state index < -0.39 is 0 Å². The van der Waals surface area contributed by atoms with Crippen LogP contribution in [0.4, 0.5) is 4.79 Å². The first-order valence-electron chi connectivity index (χ1n) is 10.5. The Balaban J connectivity index is 1.41. The Hall–Kier alpha value is -2.59. The maximum Gasteiger partial charge on any atom is 0.317 e. The molecule has 0 bridgehead atoms. The molecular formula is C25H33N3O. The minimum Gasteiger partial charge on any atom is -0.337 e. The summed E-state index contributed by atoms with van der Waals surface area (Å²) in [5.41, 5.74) is 3.64. The van der Waals surface area contributed by atoms with Gasteiger partial charge in [0.05, 0.1) is 0 Å². The van der Waals surface area contributed by atoms with Crippen molar-refractivity contribution in [3.8, 4) is 0 Å². The Kier molecular flexibility index (Phi) is 7.10. The van der Waals surface area contributed by atoms with Gasteiger partial charge >= 0.3 is 6.03 Å². The summed E-state index contributed by atoms with van der Waals surface area (Å²) in [6.07, 6.45) is 4.36. The van der Waals surface area contributed by atoms with Crippen LogP contribution >= 0.6 is 0 Å². The van der Waals surface area contributed by atoms with Crippen molar-refractivity contribution in [3.05, 3.63) is 77.4 Å². The van der Waals surface area contributed by atoms with Crippen LogP contribution in [0.5, 0.6) is 0 Å². The van der Waals surface area contributed by atoms with Crippen molar-refractivity contribution in [1.82, 2.24) is 15.1 Å². The van der Waals surface area contributed by atoms with Crippen LogP contribution in [0.3, 0.4) is 0 Å². The van der Waals surface area contributed by atoms with Crippen molar-refractivity contribution < 1.29 is 4.79 Å². The molecular weight excluding hydrogens is 358 g/mol. The number of hydrogen-bond acceptors (Lipinski definition) is 2. The van der Waals surface area contributed by atoms with Crippen LogP contribution in [-0.2, 0) is 5.41 Å². The van der Waals surface area contributed by atoms with E-state index in [0.717, 1.165) is 32.7 Å². The van der Waals surface area contributed by atoms with Crippen LogP contribution in [0.1, 0.15) is 30.5 Å². The quantitative estimate of drug-likeness (QED) is 0.796. The van der Waals surface area contributed by atoms with Gasteiger partial charge in [-0.15, -0.1) is 0 Å². The first-order valence-corrected chi connectivity index (χ1v) is 10.5. The van der Waals surface area contributed by atoms with Crippen molar-refractivity contribution in [2.24, 2.45) is 0 Å². The smallest absolute Gasteiger partial charge is 0.317 e. The van der Waals surface area contributed by atoms with Gasteiger partial charge in [-0.25, -0.2) is 4.79 Å². The third-order valence-corrected chi connectivity index (χ3v) is 5.65. The summed E-state index contributed by atoms with van der Waals surface area (Å²) in [7, 11) is 0. The number of carbonyl (C=O) groups excluding carboxylic acids is 1. The Morgan fingerprint density at radius 3 is 2.31 bits per heavy atom. The number of nitrogens with one attached hydrogen (secondary N) is 1. The summed E-state index contributed by atoms with van der Waals surface area (Å²) in [6, 6.07) is 19.0. The highest BCUT2D eigenvalue weighted by molar-refractivity contribution is 5.74. The summed E-state index contributed by atoms with van der Waals surface area (Å²) < 4.78 is 0. The molecule has 1 N–H and O–H groups in total. The van der Waals surface area contributed by atoms with Crippen LogP contribution in [0, 0.1) is 6.92 Å². The third kappa shape index (κ3) is 6.20. The summed E-state index contributed by atoms with van der Waals surface area (Å²) >= 11 is 0. The van der Waals surface area contributed by atoms with Crippen molar-refractivity contribution in [3.63, 3.8) is 0 Å². The lowest BCUT2D eigenvalue weighted by Crippen LogP contribution is -2.53. The van der Waals surface area contributed by atoms with Crippen molar-refractivity contribution in [2.45, 2.75) is 26.2 Å². The molecule has 0 aromatic heterocycles. The molecule has 0 spiro atoms. The number of aryl methyl sites for hydroxylation is 1. The van der Waals surface area contributed by atoms with Crippen molar-refractivity contribution >= 4 is 12.1 Å². The molecule has 154 valence electrons. The second-order valence-corrected chi connectivity index (χ2v) is 8.51. The van der Waals surface area contributed by atoms with E-state index in [4.69, 9.17) is 0 Å². The second-order valence-electron chi connectivity index (χ2n) is 8.51. The highest BCUT2D eigenvalue weighted by Crippen LogP contribution is 2.22. The zero-order valence-corrected chi connectivity index (χ0v) is 17.9. The second kappa shape index (κ2) is 9.75. The van der Waals surface area contributed by atoms with E-state index in [-0.39, 0.29) is 11.4 Å². The van der Waals surface area contributed by atoms with Gasteiger partial charge < -0.3 is 10.2 Å². The third-order valence-electron chi connectivity index (χ3n) is 5.65. The van der Waals surface area contributed by atoms with Gasteiger partial charge in [0, 0.05) is 44.7 Å². The molecule has 0 radical (unpaired) electrons. The first-order chi connectivity index (χ1) is 13.9. The van der Waals surface area contributed by atoms with Gasteiger partial charge in [-0.05, 0) is 18.1 Å². The summed E-state index contributed by atoms with van der Waals surface area (Å²) in [6.45, 7) is 11.4. The molecule has 4 nitrogen and oxygen atoms in total. The molecule has 0 unspecified atom stereocenters. The Labute approximate surface area is 175 Å². The zero-order chi connectivity index (χ0) is 20.7. The molecule has 1 heterocycles. The van der Waals surface area contributed by atoms with E-state index in [0.29, 0.717) is 6.54 Å². The summed E-state index contributed by atoms with van der Waals surface area (Å²) in [4.78, 5) is 16.9. The lowest BCUT2D eigenvalue weighted by Gasteiger charge is -2.35. The zero-order valence-electron chi connectivity index (χ0n) is 17.9. The highest BCUT2D eigenvalue weighted by atomic mass is 16.2. The largest absolute Gasteiger partial charge is 0.337 e. The average molecular weight is 392 g/mol. The van der Waals surface area contributed by atoms with E-state index in [9.17, 15) is 4.79 Å². The number of urea groups is 1. The van der Waals surface area contributed by atoms with Crippen LogP contribution in [0.2, 0.25) is 0 Å². The monoisotopic (exact) mass is 391 g/mol. The van der Waals surface area contributed by atoms with Gasteiger partial charge in [0.15, 0.2) is 0 Å². The molecule has 0 aliphatic carbocycles. The lowest BCUT2D eigenvalue weighted by molar-refractivity contribution is 0.145. The van der Waals surface area contributed by atoms with Gasteiger partial charge in [0.1, 0.15) is 0 Å². The van der Waals surface area contributed by atoms with Gasteiger partial charge in [-0.2, -0.15) is 0 Å². The highest BCUT2D eigenvalue weighted by Gasteiger charge is 2.24. The predicted molar refractivity (Wildman–Crippen MR) is 121 cm³/mol. The topological polar surface area (TPSA) is 35.6 Å². The molecule has 0 saturated carbocycles. The number of hydrogen-bond donors (Lipinski definition) is 1. The number of piperazine rings is 1. The fourth-order valence-electron chi connectivity index (χ4n) is 3.55. The minimum absolute atomic E-state index is 0.0460. The number of carbonyl (C=O) groups is 1. The van der Waals surface area contributed by atoms with Crippen LogP contribution in [0.25, 0.3) is 6.08 Å². The molecule has 2 aromatic rings. The number of benzene rings is 2. The van der Waals surface area contributed by atoms with E-state index in [1.165, 1.54) is 16.7 Å². The molecule has 0 atom stereocenters. The maximum atomic E-state index is 12.6. The van der Waals surface area contributed by atoms with E-state index >= 15 is 0 Å². The minimum atomic E-state index is -0.0899. The predicted octanol–water partition coefficient (Wildman–Crippen LogP) is 4.31. The summed E-state index contributed by atoms with van der Waals surface area (Å²) in [5.74, 6) is 0. The molecule has 1 saturated heterocycles. The average Bonchev–Trinajstić information content (AvgIpc) is 2.74. The van der Waals surface area contributed by atoms with Crippen LogP contribution < -0.4 is 5.32 Å². The van der Waals surface area contributed by atoms with Gasteiger partial charge in [0.25, 0.3) is 0 Å². The standard InChI is InChI=1S/C25H33N3O/c1-21-11-13-23(14-12-21)25(2,3)20-26-24(29)28-18-16-27(17-19-28)15-7-10-22-8-5-4-6-9-22/h4-14H,15-20H2,1-3H3,(H,26,29)/b10-7+. The molecule has 29 heavy (non-hydrogen) atoms. The van der Waals surface area contributed by atoms with E-state index in [2.05, 4.69) is 91.7 Å². The molecule has 2 amide bonds. The molecule has 3 rings (SSSR count). The van der Waals surface area contributed by atoms with Crippen molar-refractivity contribution in [2.75, 3.05) is 39.3 Å².